The van der Waals surface area contributed by atoms with Gasteiger partial charge in [-0.1, -0.05) is 127 Å². The molecule has 1 radical (unpaired) electrons. The van der Waals surface area contributed by atoms with Crippen LogP contribution in [0.25, 0.3) is 78.4 Å². The summed E-state index contributed by atoms with van der Waals surface area (Å²) in [4.78, 5) is 24.9. The first-order valence-electron chi connectivity index (χ1n) is 17.6. The van der Waals surface area contributed by atoms with Crippen molar-refractivity contribution in [1.29, 1.82) is 0 Å². The maximum atomic E-state index is 10.8. The van der Waals surface area contributed by atoms with Gasteiger partial charge in [0.25, 0.3) is 0 Å². The van der Waals surface area contributed by atoms with Crippen molar-refractivity contribution in [2.45, 2.75) is 38.9 Å². The van der Waals surface area contributed by atoms with Crippen molar-refractivity contribution in [2.24, 2.45) is 0 Å². The van der Waals surface area contributed by atoms with Gasteiger partial charge in [0.1, 0.15) is 0 Å². The lowest BCUT2D eigenvalue weighted by Crippen LogP contribution is -2.49. The van der Waals surface area contributed by atoms with E-state index in [1.165, 1.54) is 0 Å². The fourth-order valence-electron chi connectivity index (χ4n) is 6.03. The average Bonchev–Trinajstić information content (AvgIpc) is 3.20. The summed E-state index contributed by atoms with van der Waals surface area (Å²) in [6.45, 7) is 7.21. The van der Waals surface area contributed by atoms with Gasteiger partial charge >= 0.3 is 7.48 Å². The van der Waals surface area contributed by atoms with Crippen molar-refractivity contribution in [1.82, 2.24) is 24.9 Å². The van der Waals surface area contributed by atoms with Crippen molar-refractivity contribution in [3.63, 3.8) is 0 Å². The third-order valence-corrected chi connectivity index (χ3v) is 9.82. The summed E-state index contributed by atoms with van der Waals surface area (Å²) in [6.07, 6.45) is 1.80. The molecule has 0 aliphatic rings. The zero-order chi connectivity index (χ0) is 36.6. The second-order valence-corrected chi connectivity index (χ2v) is 14.2. The molecule has 7 nitrogen and oxygen atoms in total. The Balaban J connectivity index is 1.28. The van der Waals surface area contributed by atoms with E-state index in [0.29, 0.717) is 17.5 Å². The monoisotopic (exact) mass is 690 g/mol. The van der Waals surface area contributed by atoms with Crippen LogP contribution in [-0.2, 0) is 4.65 Å². The molecule has 8 rings (SSSR count). The molecule has 0 fully saturated rings. The number of hydrogen-bond acceptors (Lipinski definition) is 7. The first-order chi connectivity index (χ1) is 25.6. The third kappa shape index (κ3) is 7.07. The number of hydrogen-bond donors (Lipinski definition) is 1. The molecule has 0 atom stereocenters. The van der Waals surface area contributed by atoms with Crippen LogP contribution in [0.2, 0.25) is 0 Å². The molecular formula is C45H37BN5O2. The Morgan fingerprint density at radius 3 is 1.68 bits per heavy atom. The van der Waals surface area contributed by atoms with Gasteiger partial charge in [0.2, 0.25) is 0 Å². The van der Waals surface area contributed by atoms with Crippen molar-refractivity contribution in [2.75, 3.05) is 0 Å². The number of aliphatic hydroxyl groups is 1. The molecule has 5 aromatic carbocycles. The van der Waals surface area contributed by atoms with Crippen LogP contribution in [0, 0.1) is 0 Å². The molecule has 1 N–H and O–H groups in total. The molecule has 0 spiro atoms. The summed E-state index contributed by atoms with van der Waals surface area (Å²) in [7, 11) is 1.69. The van der Waals surface area contributed by atoms with Crippen molar-refractivity contribution in [3.05, 3.63) is 146 Å². The highest BCUT2D eigenvalue weighted by Gasteiger charge is 2.35. The standard InChI is InChI=1S/C45H37BN5O2/c1-44(2,52)45(3,4)53-46-37-27-35(38-24-23-32-20-19-31-16-11-25-47-39(31)40(32)48-38)26-36(28-37)43-50-41(33-14-9-6-10-15-33)49-42(51-43)34-21-17-30(18-22-34)29-12-7-5-8-13-29/h5-28,52H,1-4H3. The molecule has 3 heterocycles. The smallest absolute Gasteiger partial charge is 0.330 e. The zero-order valence-electron chi connectivity index (χ0n) is 30.0. The Morgan fingerprint density at radius 2 is 1.02 bits per heavy atom. The van der Waals surface area contributed by atoms with E-state index in [4.69, 9.17) is 24.6 Å². The van der Waals surface area contributed by atoms with Crippen LogP contribution in [0.4, 0.5) is 0 Å². The van der Waals surface area contributed by atoms with Crippen LogP contribution in [-0.4, -0.2) is 48.7 Å². The van der Waals surface area contributed by atoms with E-state index in [0.717, 1.165) is 66.3 Å². The van der Waals surface area contributed by atoms with Gasteiger partial charge < -0.3 is 9.76 Å². The molecule has 0 bridgehead atoms. The molecular weight excluding hydrogens is 653 g/mol. The molecule has 3 aromatic heterocycles. The van der Waals surface area contributed by atoms with Crippen LogP contribution < -0.4 is 5.46 Å². The van der Waals surface area contributed by atoms with E-state index in [2.05, 4.69) is 65.6 Å². The predicted molar refractivity (Wildman–Crippen MR) is 214 cm³/mol. The van der Waals surface area contributed by atoms with E-state index >= 15 is 0 Å². The van der Waals surface area contributed by atoms with Crippen molar-refractivity contribution >= 4 is 34.8 Å². The van der Waals surface area contributed by atoms with Gasteiger partial charge in [0, 0.05) is 39.2 Å². The van der Waals surface area contributed by atoms with Gasteiger partial charge in [-0.3, -0.25) is 4.98 Å². The topological polar surface area (TPSA) is 93.9 Å². The summed E-state index contributed by atoms with van der Waals surface area (Å²) in [6, 6.07) is 46.8. The van der Waals surface area contributed by atoms with E-state index in [1.807, 2.05) is 92.7 Å². The van der Waals surface area contributed by atoms with Crippen LogP contribution >= 0.6 is 0 Å². The third-order valence-electron chi connectivity index (χ3n) is 9.82. The van der Waals surface area contributed by atoms with Gasteiger partial charge in [0.15, 0.2) is 17.5 Å². The maximum Gasteiger partial charge on any atom is 0.330 e. The number of aromatic nitrogens is 5. The molecule has 257 valence electrons. The number of fused-ring (bicyclic) bond motifs is 3. The molecule has 53 heavy (non-hydrogen) atoms. The maximum absolute atomic E-state index is 10.8. The number of nitrogens with zero attached hydrogens (tertiary/aromatic N) is 5. The summed E-state index contributed by atoms with van der Waals surface area (Å²) in [5, 5.41) is 12.9. The van der Waals surface area contributed by atoms with E-state index in [1.54, 1.807) is 27.5 Å². The molecule has 0 saturated heterocycles. The summed E-state index contributed by atoms with van der Waals surface area (Å²) in [5.41, 5.74) is 6.85. The second-order valence-electron chi connectivity index (χ2n) is 14.2. The van der Waals surface area contributed by atoms with E-state index < -0.39 is 11.2 Å². The predicted octanol–water partition coefficient (Wildman–Crippen LogP) is 9.11. The van der Waals surface area contributed by atoms with Crippen molar-refractivity contribution in [3.8, 4) is 56.5 Å². The fourth-order valence-corrected chi connectivity index (χ4v) is 6.03. The van der Waals surface area contributed by atoms with Gasteiger partial charge in [-0.05, 0) is 57.0 Å². The average molecular weight is 691 g/mol. The molecule has 0 unspecified atom stereocenters. The van der Waals surface area contributed by atoms with Gasteiger partial charge in [-0.15, -0.1) is 0 Å². The first-order valence-corrected chi connectivity index (χ1v) is 17.6. The van der Waals surface area contributed by atoms with Gasteiger partial charge in [0.05, 0.1) is 27.9 Å². The lowest BCUT2D eigenvalue weighted by Gasteiger charge is -2.37. The highest BCUT2D eigenvalue weighted by molar-refractivity contribution is 6.47. The molecule has 8 heteroatoms. The Hall–Kier alpha value is -6.09. The van der Waals surface area contributed by atoms with Crippen LogP contribution in [0.15, 0.2) is 146 Å². The van der Waals surface area contributed by atoms with Crippen LogP contribution in [0.5, 0.6) is 0 Å². The SMILES string of the molecule is CC(C)(O)C(C)(C)O[B]c1cc(-c2ccc3ccc4cccnc4c3n2)cc(-c2nc(-c3ccccc3)nc(-c3ccc(-c4ccccc4)cc3)n2)c1. The largest absolute Gasteiger partial charge is 0.427 e. The highest BCUT2D eigenvalue weighted by Crippen LogP contribution is 2.31. The Bertz CT molecular complexity index is 2570. The fraction of sp³-hybridized carbons (Fsp3) is 0.133. The van der Waals surface area contributed by atoms with Gasteiger partial charge in [-0.2, -0.15) is 0 Å². The lowest BCUT2D eigenvalue weighted by atomic mass is 9.81. The molecule has 0 amide bonds. The minimum Gasteiger partial charge on any atom is -0.427 e. The minimum atomic E-state index is -1.10. The van der Waals surface area contributed by atoms with E-state index in [9.17, 15) is 5.11 Å². The summed E-state index contributed by atoms with van der Waals surface area (Å²) < 4.78 is 6.26. The molecule has 0 saturated carbocycles. The first kappa shape index (κ1) is 34.0. The number of rotatable bonds is 9. The Morgan fingerprint density at radius 1 is 0.491 bits per heavy atom. The lowest BCUT2D eigenvalue weighted by molar-refractivity contribution is -0.0893. The molecule has 8 aromatic rings. The normalized spacial score (nSPS) is 11.9. The quantitative estimate of drug-likeness (QED) is 0.119. The Kier molecular flexibility index (Phi) is 8.86. The highest BCUT2D eigenvalue weighted by atomic mass is 16.5. The molecule has 0 aliphatic heterocycles. The number of benzene rings is 5. The van der Waals surface area contributed by atoms with Crippen LogP contribution in [0.1, 0.15) is 27.7 Å². The van der Waals surface area contributed by atoms with E-state index in [-0.39, 0.29) is 0 Å². The van der Waals surface area contributed by atoms with Crippen molar-refractivity contribution < 1.29 is 9.76 Å². The summed E-state index contributed by atoms with van der Waals surface area (Å²) in [5.74, 6) is 1.63. The van der Waals surface area contributed by atoms with Crippen LogP contribution in [0.3, 0.4) is 0 Å². The molecule has 0 aliphatic carbocycles. The minimum absolute atomic E-state index is 0.507. The van der Waals surface area contributed by atoms with Gasteiger partial charge in [-0.25, -0.2) is 19.9 Å². The summed E-state index contributed by atoms with van der Waals surface area (Å²) >= 11 is 0. The number of pyridine rings is 2. The zero-order valence-corrected chi connectivity index (χ0v) is 30.0. The Labute approximate surface area is 309 Å². The second kappa shape index (κ2) is 13.8.